The van der Waals surface area contributed by atoms with E-state index in [4.69, 9.17) is 36.7 Å². The Hall–Kier alpha value is -4.20. The van der Waals surface area contributed by atoms with E-state index in [-0.39, 0.29) is 35.8 Å². The number of aliphatic imine (C=N–C) groups is 1. The topological polar surface area (TPSA) is 163 Å². The van der Waals surface area contributed by atoms with Crippen LogP contribution in [0.3, 0.4) is 0 Å². The number of hydrogen-bond acceptors (Lipinski definition) is 10. The molecule has 210 valence electrons. The number of hydrogen-bond donors (Lipinski definition) is 3. The van der Waals surface area contributed by atoms with Gasteiger partial charge in [0.2, 0.25) is 5.95 Å². The predicted molar refractivity (Wildman–Crippen MR) is 148 cm³/mol. The number of aliphatic hydroxyl groups is 1. The van der Waals surface area contributed by atoms with Crippen LogP contribution in [0.4, 0.5) is 5.95 Å². The van der Waals surface area contributed by atoms with Gasteiger partial charge in [-0.25, -0.2) is 14.5 Å². The second-order valence-electron chi connectivity index (χ2n) is 9.12. The fourth-order valence-corrected chi connectivity index (χ4v) is 4.25. The number of carbonyl (C=O) groups is 1. The molecule has 0 radical (unpaired) electrons. The van der Waals surface area contributed by atoms with E-state index in [9.17, 15) is 4.79 Å². The van der Waals surface area contributed by atoms with Crippen LogP contribution >= 0.6 is 11.6 Å². The number of imidazole rings is 1. The number of nitrogens with one attached hydrogen (secondary N) is 1. The summed E-state index contributed by atoms with van der Waals surface area (Å²) in [7, 11) is 3.32. The molecule has 1 aliphatic carbocycles. The van der Waals surface area contributed by atoms with Crippen LogP contribution in [0, 0.1) is 5.92 Å². The van der Waals surface area contributed by atoms with Crippen LogP contribution in [0.5, 0.6) is 17.2 Å². The van der Waals surface area contributed by atoms with Crippen LogP contribution in [-0.4, -0.2) is 74.3 Å². The molecule has 1 fully saturated rings. The van der Waals surface area contributed by atoms with Gasteiger partial charge in [0.05, 0.1) is 31.8 Å². The van der Waals surface area contributed by atoms with Gasteiger partial charge in [-0.3, -0.25) is 4.79 Å². The average Bonchev–Trinajstić information content (AvgIpc) is 3.66. The standard InChI is InChI=1S/C26H29ClN8O5/c1-34-23-22(27)21(40-20-13-31-35-14-16(5-6-19(20)35)39-10-9-38-2)12-30-24(23)33-26(34)32-18(25(37)29-7-8-36)11-17(28)15-3-4-15/h5-6,11-15,36H,3-4,7-10,28H2,1-2H3,(H,29,37). The van der Waals surface area contributed by atoms with Crippen molar-refractivity contribution in [2.45, 2.75) is 12.8 Å². The van der Waals surface area contributed by atoms with Crippen LogP contribution < -0.4 is 20.5 Å². The van der Waals surface area contributed by atoms with Crippen molar-refractivity contribution in [2.24, 2.45) is 23.7 Å². The molecule has 4 aromatic heterocycles. The highest BCUT2D eigenvalue weighted by Gasteiger charge is 2.25. The van der Waals surface area contributed by atoms with Crippen LogP contribution in [0.2, 0.25) is 5.02 Å². The van der Waals surface area contributed by atoms with Gasteiger partial charge in [0.25, 0.3) is 5.91 Å². The fraction of sp³-hybridized carbons (Fsp3) is 0.346. The summed E-state index contributed by atoms with van der Waals surface area (Å²) in [5, 5.41) is 16.3. The molecular weight excluding hydrogens is 540 g/mol. The number of halogens is 1. The molecule has 4 heterocycles. The van der Waals surface area contributed by atoms with Crippen molar-refractivity contribution in [3.05, 3.63) is 47.5 Å². The number of carbonyl (C=O) groups excluding carboxylic acids is 1. The van der Waals surface area contributed by atoms with Crippen LogP contribution in [0.15, 0.2) is 47.5 Å². The molecule has 0 atom stereocenters. The summed E-state index contributed by atoms with van der Waals surface area (Å²) < 4.78 is 20.0. The average molecular weight is 569 g/mol. The molecule has 40 heavy (non-hydrogen) atoms. The third kappa shape index (κ3) is 5.86. The first kappa shape index (κ1) is 27.4. The minimum Gasteiger partial charge on any atom is -0.490 e. The molecule has 0 saturated heterocycles. The zero-order valence-electron chi connectivity index (χ0n) is 22.0. The summed E-state index contributed by atoms with van der Waals surface area (Å²) in [6.45, 7) is 0.774. The summed E-state index contributed by atoms with van der Waals surface area (Å²) in [6.07, 6.45) is 8.27. The maximum atomic E-state index is 12.7. The van der Waals surface area contributed by atoms with Crippen molar-refractivity contribution in [3.8, 4) is 17.2 Å². The Morgan fingerprint density at radius 3 is 2.88 bits per heavy atom. The minimum absolute atomic E-state index is 0.0702. The van der Waals surface area contributed by atoms with Gasteiger partial charge >= 0.3 is 0 Å². The van der Waals surface area contributed by atoms with Crippen molar-refractivity contribution in [1.82, 2.24) is 29.5 Å². The summed E-state index contributed by atoms with van der Waals surface area (Å²) in [6, 6.07) is 3.64. The molecule has 1 aliphatic rings. The smallest absolute Gasteiger partial charge is 0.270 e. The Bertz CT molecular complexity index is 1610. The first-order valence-corrected chi connectivity index (χ1v) is 13.0. The van der Waals surface area contributed by atoms with E-state index in [0.717, 1.165) is 12.8 Å². The number of pyridine rings is 2. The van der Waals surface area contributed by atoms with Crippen LogP contribution in [-0.2, 0) is 16.6 Å². The number of nitrogens with zero attached hydrogens (tertiary/aromatic N) is 6. The molecule has 0 unspecified atom stereocenters. The van der Waals surface area contributed by atoms with E-state index in [0.29, 0.717) is 52.8 Å². The molecule has 0 bridgehead atoms. The number of methoxy groups -OCH3 is 1. The number of fused-ring (bicyclic) bond motifs is 2. The molecule has 5 rings (SSSR count). The predicted octanol–water partition coefficient (Wildman–Crippen LogP) is 2.52. The lowest BCUT2D eigenvalue weighted by Crippen LogP contribution is -2.32. The number of aromatic nitrogens is 5. The third-order valence-electron chi connectivity index (χ3n) is 6.21. The van der Waals surface area contributed by atoms with Gasteiger partial charge in [0.1, 0.15) is 34.1 Å². The van der Waals surface area contributed by atoms with Crippen molar-refractivity contribution in [1.29, 1.82) is 0 Å². The molecule has 4 aromatic rings. The maximum absolute atomic E-state index is 12.7. The summed E-state index contributed by atoms with van der Waals surface area (Å²) >= 11 is 6.75. The second-order valence-corrected chi connectivity index (χ2v) is 9.50. The summed E-state index contributed by atoms with van der Waals surface area (Å²) in [5.41, 5.74) is 8.29. The Kier molecular flexibility index (Phi) is 8.14. The van der Waals surface area contributed by atoms with Crippen molar-refractivity contribution >= 4 is 45.8 Å². The number of aliphatic hydroxyl groups excluding tert-OH is 1. The maximum Gasteiger partial charge on any atom is 0.270 e. The van der Waals surface area contributed by atoms with Gasteiger partial charge in [-0.1, -0.05) is 11.6 Å². The van der Waals surface area contributed by atoms with Gasteiger partial charge in [-0.2, -0.15) is 10.1 Å². The molecule has 1 amide bonds. The number of ether oxygens (including phenoxy) is 3. The molecule has 0 aromatic carbocycles. The number of allylic oxidation sites excluding steroid dienone is 1. The normalized spacial score (nSPS) is 14.2. The van der Waals surface area contributed by atoms with Crippen LogP contribution in [0.1, 0.15) is 12.8 Å². The third-order valence-corrected chi connectivity index (χ3v) is 6.58. The van der Waals surface area contributed by atoms with Gasteiger partial charge in [0, 0.05) is 26.4 Å². The van der Waals surface area contributed by atoms with E-state index in [1.807, 2.05) is 12.1 Å². The summed E-state index contributed by atoms with van der Waals surface area (Å²) in [5.74, 6) is 1.36. The highest BCUT2D eigenvalue weighted by molar-refractivity contribution is 6.44. The number of nitrogens with two attached hydrogens (primary N) is 1. The van der Waals surface area contributed by atoms with E-state index in [1.165, 1.54) is 6.20 Å². The highest BCUT2D eigenvalue weighted by Crippen LogP contribution is 2.37. The van der Waals surface area contributed by atoms with Crippen molar-refractivity contribution in [2.75, 3.05) is 33.5 Å². The largest absolute Gasteiger partial charge is 0.490 e. The van der Waals surface area contributed by atoms with Gasteiger partial charge < -0.3 is 34.9 Å². The zero-order chi connectivity index (χ0) is 28.2. The Balaban J connectivity index is 1.44. The lowest BCUT2D eigenvalue weighted by molar-refractivity contribution is -0.114. The summed E-state index contributed by atoms with van der Waals surface area (Å²) in [4.78, 5) is 26.1. The molecular formula is C26H29ClN8O5. The molecule has 1 saturated carbocycles. The number of rotatable bonds is 12. The minimum atomic E-state index is -0.479. The highest BCUT2D eigenvalue weighted by atomic mass is 35.5. The molecule has 0 spiro atoms. The van der Waals surface area contributed by atoms with E-state index >= 15 is 0 Å². The molecule has 4 N–H and O–H groups in total. The SMILES string of the molecule is COCCOc1ccc2c(Oc3cnc4nc(N=C(C=C(N)C5CC5)C(=O)NCCO)n(C)c4c3Cl)cnn2c1. The molecule has 14 heteroatoms. The monoisotopic (exact) mass is 568 g/mol. The Morgan fingerprint density at radius 1 is 1.30 bits per heavy atom. The fourth-order valence-electron chi connectivity index (χ4n) is 3.95. The van der Waals surface area contributed by atoms with E-state index in [2.05, 4.69) is 25.4 Å². The molecule has 13 nitrogen and oxygen atoms in total. The van der Waals surface area contributed by atoms with Gasteiger partial charge in [0.15, 0.2) is 17.1 Å². The number of aryl methyl sites for hydroxylation is 1. The van der Waals surface area contributed by atoms with Crippen LogP contribution in [0.25, 0.3) is 16.7 Å². The Labute approximate surface area is 234 Å². The molecule has 0 aliphatic heterocycles. The van der Waals surface area contributed by atoms with Crippen molar-refractivity contribution in [3.63, 3.8) is 0 Å². The van der Waals surface area contributed by atoms with Crippen molar-refractivity contribution < 1.29 is 24.1 Å². The lowest BCUT2D eigenvalue weighted by atomic mass is 10.2. The van der Waals surface area contributed by atoms with E-state index < -0.39 is 5.91 Å². The lowest BCUT2D eigenvalue weighted by Gasteiger charge is -2.08. The first-order chi connectivity index (χ1) is 19.4. The quantitative estimate of drug-likeness (QED) is 0.172. The zero-order valence-corrected chi connectivity index (χ0v) is 22.8. The second kappa shape index (κ2) is 11.9. The van der Waals surface area contributed by atoms with Gasteiger partial charge in [-0.15, -0.1) is 0 Å². The van der Waals surface area contributed by atoms with Gasteiger partial charge in [-0.05, 0) is 37.0 Å². The first-order valence-electron chi connectivity index (χ1n) is 12.6. The Morgan fingerprint density at radius 2 is 2.12 bits per heavy atom. The van der Waals surface area contributed by atoms with E-state index in [1.54, 1.807) is 41.7 Å². The number of amides is 1.